The fourth-order valence-electron chi connectivity index (χ4n) is 4.63. The highest BCUT2D eigenvalue weighted by Gasteiger charge is 2.26. The van der Waals surface area contributed by atoms with Crippen molar-refractivity contribution in [1.82, 2.24) is 10.2 Å². The van der Waals surface area contributed by atoms with Crippen LogP contribution in [-0.2, 0) is 16.0 Å². The molecule has 1 heterocycles. The third-order valence-electron chi connectivity index (χ3n) is 6.46. The van der Waals surface area contributed by atoms with Gasteiger partial charge in [-0.1, -0.05) is 53.8 Å². The number of benzene rings is 2. The summed E-state index contributed by atoms with van der Waals surface area (Å²) in [6.07, 6.45) is 4.67. The van der Waals surface area contributed by atoms with E-state index >= 15 is 0 Å². The average Bonchev–Trinajstić information content (AvgIpc) is 3.30. The van der Waals surface area contributed by atoms with Crippen molar-refractivity contribution >= 4 is 34.1 Å². The SMILES string of the molecule is CC(C)(C)OC(=O)CC1CCC(c2ccc(C(=O)Nc3nnc(CC(=O)c4ccccc4)s3)cc2)CC1. The van der Waals surface area contributed by atoms with Crippen LogP contribution in [0.1, 0.15) is 90.1 Å². The molecule has 0 aliphatic heterocycles. The van der Waals surface area contributed by atoms with Crippen molar-refractivity contribution in [2.75, 3.05) is 5.32 Å². The molecule has 1 amide bonds. The number of hydrogen-bond donors (Lipinski definition) is 1. The molecule has 7 nitrogen and oxygen atoms in total. The van der Waals surface area contributed by atoms with Crippen LogP contribution >= 0.6 is 11.3 Å². The van der Waals surface area contributed by atoms with Crippen LogP contribution in [0.5, 0.6) is 0 Å². The van der Waals surface area contributed by atoms with Crippen LogP contribution in [0.25, 0.3) is 0 Å². The van der Waals surface area contributed by atoms with E-state index in [4.69, 9.17) is 4.74 Å². The number of esters is 1. The number of nitrogens with zero attached hydrogens (tertiary/aromatic N) is 2. The Kier molecular flexibility index (Phi) is 8.48. The van der Waals surface area contributed by atoms with E-state index in [2.05, 4.69) is 15.5 Å². The molecule has 1 N–H and O–H groups in total. The third-order valence-corrected chi connectivity index (χ3v) is 7.30. The molecule has 194 valence electrons. The molecule has 1 aromatic heterocycles. The quantitative estimate of drug-likeness (QED) is 0.280. The normalized spacial score (nSPS) is 17.7. The van der Waals surface area contributed by atoms with Gasteiger partial charge in [-0.05, 0) is 76.0 Å². The summed E-state index contributed by atoms with van der Waals surface area (Å²) in [5.74, 6) is 0.390. The number of anilines is 1. The minimum absolute atomic E-state index is 0.0379. The Morgan fingerprint density at radius 1 is 0.919 bits per heavy atom. The van der Waals surface area contributed by atoms with Crippen LogP contribution in [0.15, 0.2) is 54.6 Å². The molecule has 0 atom stereocenters. The van der Waals surface area contributed by atoms with Gasteiger partial charge in [-0.3, -0.25) is 19.7 Å². The molecular weight excluding hydrogens is 486 g/mol. The van der Waals surface area contributed by atoms with Crippen LogP contribution in [0.4, 0.5) is 5.13 Å². The minimum atomic E-state index is -0.442. The Morgan fingerprint density at radius 3 is 2.24 bits per heavy atom. The van der Waals surface area contributed by atoms with Crippen LogP contribution in [0, 0.1) is 5.92 Å². The van der Waals surface area contributed by atoms with E-state index in [1.807, 2.05) is 63.2 Å². The van der Waals surface area contributed by atoms with E-state index in [1.54, 1.807) is 12.1 Å². The van der Waals surface area contributed by atoms with Crippen molar-refractivity contribution in [3.63, 3.8) is 0 Å². The Bertz CT molecular complexity index is 1220. The third kappa shape index (κ3) is 7.79. The monoisotopic (exact) mass is 519 g/mol. The van der Waals surface area contributed by atoms with Crippen molar-refractivity contribution in [3.8, 4) is 0 Å². The highest BCUT2D eigenvalue weighted by atomic mass is 32.1. The van der Waals surface area contributed by atoms with Crippen LogP contribution in [0.2, 0.25) is 0 Å². The zero-order valence-corrected chi connectivity index (χ0v) is 22.3. The number of carbonyl (C=O) groups excluding carboxylic acids is 3. The Balaban J connectivity index is 1.26. The molecule has 0 unspecified atom stereocenters. The second kappa shape index (κ2) is 11.8. The van der Waals surface area contributed by atoms with E-state index in [9.17, 15) is 14.4 Å². The largest absolute Gasteiger partial charge is 0.460 e. The molecule has 1 fully saturated rings. The molecule has 37 heavy (non-hydrogen) atoms. The Labute approximate surface area is 221 Å². The van der Waals surface area contributed by atoms with Crippen LogP contribution in [-0.4, -0.2) is 33.5 Å². The number of hydrogen-bond acceptors (Lipinski definition) is 7. The van der Waals surface area contributed by atoms with Crippen molar-refractivity contribution in [2.24, 2.45) is 5.92 Å². The van der Waals surface area contributed by atoms with Crippen molar-refractivity contribution < 1.29 is 19.1 Å². The van der Waals surface area contributed by atoms with Crippen LogP contribution < -0.4 is 5.32 Å². The van der Waals surface area contributed by atoms with Crippen molar-refractivity contribution in [2.45, 2.75) is 70.8 Å². The highest BCUT2D eigenvalue weighted by Crippen LogP contribution is 2.37. The molecule has 4 rings (SSSR count). The van der Waals surface area contributed by atoms with Gasteiger partial charge < -0.3 is 4.74 Å². The molecular formula is C29H33N3O4S. The summed E-state index contributed by atoms with van der Waals surface area (Å²) < 4.78 is 5.47. The summed E-state index contributed by atoms with van der Waals surface area (Å²) in [6.45, 7) is 5.69. The molecule has 0 radical (unpaired) electrons. The number of ether oxygens (including phenoxy) is 1. The lowest BCUT2D eigenvalue weighted by Crippen LogP contribution is -2.26. The number of amides is 1. The van der Waals surface area contributed by atoms with E-state index in [0.717, 1.165) is 25.7 Å². The summed E-state index contributed by atoms with van der Waals surface area (Å²) in [4.78, 5) is 37.2. The fourth-order valence-corrected chi connectivity index (χ4v) is 5.37. The predicted molar refractivity (Wildman–Crippen MR) is 144 cm³/mol. The molecule has 1 saturated carbocycles. The van der Waals surface area contributed by atoms with Gasteiger partial charge in [0.05, 0.1) is 6.42 Å². The summed E-state index contributed by atoms with van der Waals surface area (Å²) in [5.41, 5.74) is 1.94. The van der Waals surface area contributed by atoms with Gasteiger partial charge in [0.25, 0.3) is 5.91 Å². The first kappa shape index (κ1) is 26.7. The maximum Gasteiger partial charge on any atom is 0.306 e. The number of Topliss-reactive ketones (excluding diaryl/α,β-unsaturated/α-hetero) is 1. The molecule has 1 aliphatic carbocycles. The molecule has 2 aromatic carbocycles. The topological polar surface area (TPSA) is 98.2 Å². The van der Waals surface area contributed by atoms with Gasteiger partial charge in [-0.25, -0.2) is 0 Å². The smallest absolute Gasteiger partial charge is 0.306 e. The second-order valence-corrected chi connectivity index (χ2v) is 11.6. The number of nitrogens with one attached hydrogen (secondary N) is 1. The van der Waals surface area contributed by atoms with E-state index in [0.29, 0.717) is 39.5 Å². The lowest BCUT2D eigenvalue weighted by atomic mass is 9.77. The second-order valence-electron chi connectivity index (χ2n) is 10.6. The first-order valence-corrected chi connectivity index (χ1v) is 13.5. The number of ketones is 1. The molecule has 3 aromatic rings. The van der Waals surface area contributed by atoms with E-state index in [1.165, 1.54) is 16.9 Å². The van der Waals surface area contributed by atoms with Crippen LogP contribution in [0.3, 0.4) is 0 Å². The molecule has 0 saturated heterocycles. The summed E-state index contributed by atoms with van der Waals surface area (Å²) in [5, 5.41) is 11.8. The molecule has 1 aliphatic rings. The van der Waals surface area contributed by atoms with Gasteiger partial charge in [0.15, 0.2) is 5.78 Å². The number of rotatable bonds is 8. The predicted octanol–water partition coefficient (Wildman–Crippen LogP) is 6.22. The van der Waals surface area contributed by atoms with Gasteiger partial charge in [0, 0.05) is 17.5 Å². The molecule has 0 bridgehead atoms. The Morgan fingerprint density at radius 2 is 1.59 bits per heavy atom. The minimum Gasteiger partial charge on any atom is -0.460 e. The average molecular weight is 520 g/mol. The molecule has 8 heteroatoms. The van der Waals surface area contributed by atoms with Crippen molar-refractivity contribution in [1.29, 1.82) is 0 Å². The first-order chi connectivity index (χ1) is 17.7. The van der Waals surface area contributed by atoms with Gasteiger partial charge in [-0.2, -0.15) is 0 Å². The summed E-state index contributed by atoms with van der Waals surface area (Å²) in [6, 6.07) is 16.7. The lowest BCUT2D eigenvalue weighted by Gasteiger charge is -2.29. The van der Waals surface area contributed by atoms with Gasteiger partial charge in [-0.15, -0.1) is 10.2 Å². The van der Waals surface area contributed by atoms with Gasteiger partial charge in [0.1, 0.15) is 10.6 Å². The standard InChI is InChI=1S/C29H33N3O4S/c1-29(2,3)36-26(34)17-19-9-11-20(12-10-19)21-13-15-23(16-14-21)27(35)30-28-32-31-25(37-28)18-24(33)22-7-5-4-6-8-22/h4-8,13-16,19-20H,9-12,17-18H2,1-3H3,(H,30,32,35). The maximum atomic E-state index is 12.7. The summed E-state index contributed by atoms with van der Waals surface area (Å²) >= 11 is 1.20. The zero-order chi connectivity index (χ0) is 26.4. The first-order valence-electron chi connectivity index (χ1n) is 12.7. The highest BCUT2D eigenvalue weighted by molar-refractivity contribution is 7.15. The molecule has 0 spiro atoms. The van der Waals surface area contributed by atoms with E-state index in [-0.39, 0.29) is 24.1 Å². The van der Waals surface area contributed by atoms with Gasteiger partial charge in [0.2, 0.25) is 5.13 Å². The Hall–Kier alpha value is -3.39. The summed E-state index contributed by atoms with van der Waals surface area (Å²) in [7, 11) is 0. The van der Waals surface area contributed by atoms with E-state index < -0.39 is 5.60 Å². The number of aromatic nitrogens is 2. The van der Waals surface area contributed by atoms with Gasteiger partial charge >= 0.3 is 5.97 Å². The maximum absolute atomic E-state index is 12.7. The lowest BCUT2D eigenvalue weighted by molar-refractivity contribution is -0.156. The zero-order valence-electron chi connectivity index (χ0n) is 21.5. The number of carbonyl (C=O) groups is 3. The fraction of sp³-hybridized carbons (Fsp3) is 0.414. The van der Waals surface area contributed by atoms with Crippen molar-refractivity contribution in [3.05, 3.63) is 76.3 Å².